The van der Waals surface area contributed by atoms with Gasteiger partial charge in [0.05, 0.1) is 0 Å². The second kappa shape index (κ2) is 5.17. The Morgan fingerprint density at radius 2 is 1.89 bits per heavy atom. The van der Waals surface area contributed by atoms with Crippen LogP contribution in [-0.2, 0) is 4.79 Å². The van der Waals surface area contributed by atoms with Crippen LogP contribution in [0, 0.1) is 0 Å². The van der Waals surface area contributed by atoms with E-state index in [9.17, 15) is 9.90 Å². The second-order valence-electron chi connectivity index (χ2n) is 6.65. The molecule has 0 spiro atoms. The van der Waals surface area contributed by atoms with Crippen molar-refractivity contribution >= 4 is 5.97 Å². The molecular weight excluding hydrogens is 228 g/mol. The number of hydrogen-bond acceptors (Lipinski definition) is 3. The van der Waals surface area contributed by atoms with E-state index >= 15 is 0 Å². The summed E-state index contributed by atoms with van der Waals surface area (Å²) < 4.78 is 0. The molecule has 0 aliphatic carbocycles. The maximum atomic E-state index is 11.3. The zero-order valence-electron chi connectivity index (χ0n) is 11.9. The number of aliphatic carboxylic acids is 1. The topological polar surface area (TPSA) is 43.8 Å². The number of carboxylic acids is 1. The van der Waals surface area contributed by atoms with Gasteiger partial charge in [0.15, 0.2) is 0 Å². The molecule has 0 saturated carbocycles. The van der Waals surface area contributed by atoms with Crippen molar-refractivity contribution in [3.63, 3.8) is 0 Å². The van der Waals surface area contributed by atoms with Crippen LogP contribution in [0.1, 0.15) is 46.5 Å². The highest BCUT2D eigenvalue weighted by Crippen LogP contribution is 2.28. The fourth-order valence-electron chi connectivity index (χ4n) is 3.28. The summed E-state index contributed by atoms with van der Waals surface area (Å²) in [4.78, 5) is 16.1. The maximum absolute atomic E-state index is 11.3. The van der Waals surface area contributed by atoms with Crippen LogP contribution in [0.2, 0.25) is 0 Å². The molecular formula is C14H26N2O2. The van der Waals surface area contributed by atoms with Gasteiger partial charge >= 0.3 is 5.97 Å². The van der Waals surface area contributed by atoms with Gasteiger partial charge in [-0.15, -0.1) is 0 Å². The lowest BCUT2D eigenvalue weighted by Crippen LogP contribution is -2.51. The van der Waals surface area contributed by atoms with Crippen LogP contribution in [0.25, 0.3) is 0 Å². The molecule has 2 aliphatic rings. The Balaban J connectivity index is 2.01. The van der Waals surface area contributed by atoms with Crippen LogP contribution in [0.3, 0.4) is 0 Å². The van der Waals surface area contributed by atoms with Gasteiger partial charge in [0, 0.05) is 24.7 Å². The number of carbonyl (C=O) groups is 1. The van der Waals surface area contributed by atoms with Crippen LogP contribution in [0.4, 0.5) is 0 Å². The molecule has 0 aromatic heterocycles. The van der Waals surface area contributed by atoms with Crippen LogP contribution >= 0.6 is 0 Å². The Hall–Kier alpha value is -0.610. The standard InChI is InChI=1S/C14H26N2O2/c1-14(2,3)15-9-7-11(10-15)16-8-5-4-6-12(16)13(17)18/h11-12H,4-10H2,1-3H3,(H,17,18). The molecule has 0 aromatic carbocycles. The highest BCUT2D eigenvalue weighted by Gasteiger charge is 2.38. The molecule has 104 valence electrons. The molecule has 2 unspecified atom stereocenters. The van der Waals surface area contributed by atoms with E-state index in [2.05, 4.69) is 30.6 Å². The maximum Gasteiger partial charge on any atom is 0.320 e. The zero-order valence-corrected chi connectivity index (χ0v) is 11.9. The van der Waals surface area contributed by atoms with Gasteiger partial charge in [0.2, 0.25) is 0 Å². The van der Waals surface area contributed by atoms with Crippen molar-refractivity contribution in [1.29, 1.82) is 0 Å². The Labute approximate surface area is 110 Å². The number of hydrogen-bond donors (Lipinski definition) is 1. The van der Waals surface area contributed by atoms with Crippen LogP contribution in [0.15, 0.2) is 0 Å². The number of rotatable bonds is 2. The number of piperidine rings is 1. The average Bonchev–Trinajstić information content (AvgIpc) is 2.77. The lowest BCUT2D eigenvalue weighted by molar-refractivity contribution is -0.145. The third-order valence-electron chi connectivity index (χ3n) is 4.41. The van der Waals surface area contributed by atoms with Crippen molar-refractivity contribution in [2.24, 2.45) is 0 Å². The van der Waals surface area contributed by atoms with E-state index in [1.54, 1.807) is 0 Å². The predicted octanol–water partition coefficient (Wildman–Crippen LogP) is 1.80. The van der Waals surface area contributed by atoms with E-state index in [1.807, 2.05) is 0 Å². The molecule has 4 nitrogen and oxygen atoms in total. The first-order chi connectivity index (χ1) is 8.39. The Kier molecular flexibility index (Phi) is 3.97. The normalized spacial score (nSPS) is 31.7. The van der Waals surface area contributed by atoms with Crippen molar-refractivity contribution in [3.8, 4) is 0 Å². The lowest BCUT2D eigenvalue weighted by atomic mass is 9.99. The third kappa shape index (κ3) is 2.86. The van der Waals surface area contributed by atoms with E-state index in [4.69, 9.17) is 0 Å². The molecule has 0 bridgehead atoms. The van der Waals surface area contributed by atoms with Gasteiger partial charge in [-0.3, -0.25) is 14.6 Å². The van der Waals surface area contributed by atoms with Gasteiger partial charge in [-0.2, -0.15) is 0 Å². The van der Waals surface area contributed by atoms with Crippen molar-refractivity contribution in [2.75, 3.05) is 19.6 Å². The Morgan fingerprint density at radius 3 is 2.44 bits per heavy atom. The minimum atomic E-state index is -0.635. The Bertz CT molecular complexity index is 311. The highest BCUT2D eigenvalue weighted by atomic mass is 16.4. The van der Waals surface area contributed by atoms with E-state index in [0.29, 0.717) is 6.04 Å². The molecule has 0 radical (unpaired) electrons. The van der Waals surface area contributed by atoms with Crippen molar-refractivity contribution in [3.05, 3.63) is 0 Å². The molecule has 2 aliphatic heterocycles. The molecule has 0 aromatic rings. The molecule has 1 N–H and O–H groups in total. The number of nitrogens with zero attached hydrogens (tertiary/aromatic N) is 2. The van der Waals surface area contributed by atoms with Gasteiger partial charge in [0.25, 0.3) is 0 Å². The summed E-state index contributed by atoms with van der Waals surface area (Å²) in [6, 6.07) is 0.189. The molecule has 2 saturated heterocycles. The van der Waals surface area contributed by atoms with Crippen LogP contribution < -0.4 is 0 Å². The molecule has 2 atom stereocenters. The summed E-state index contributed by atoms with van der Waals surface area (Å²) in [5, 5.41) is 9.34. The molecule has 2 heterocycles. The van der Waals surface area contributed by atoms with Crippen LogP contribution in [-0.4, -0.2) is 58.1 Å². The molecule has 18 heavy (non-hydrogen) atoms. The van der Waals surface area contributed by atoms with E-state index < -0.39 is 5.97 Å². The van der Waals surface area contributed by atoms with Gasteiger partial charge in [-0.1, -0.05) is 6.42 Å². The molecule has 2 fully saturated rings. The summed E-state index contributed by atoms with van der Waals surface area (Å²) in [7, 11) is 0. The molecule has 4 heteroatoms. The fraction of sp³-hybridized carbons (Fsp3) is 0.929. The molecule has 2 rings (SSSR count). The van der Waals surface area contributed by atoms with Gasteiger partial charge in [-0.05, 0) is 46.6 Å². The van der Waals surface area contributed by atoms with Crippen LogP contribution in [0.5, 0.6) is 0 Å². The highest BCUT2D eigenvalue weighted by molar-refractivity contribution is 5.73. The SMILES string of the molecule is CC(C)(C)N1CCC(N2CCCCC2C(=O)O)C1. The van der Waals surface area contributed by atoms with Gasteiger partial charge < -0.3 is 5.11 Å². The first-order valence-electron chi connectivity index (χ1n) is 7.13. The summed E-state index contributed by atoms with van der Waals surface area (Å²) in [5.74, 6) is -0.635. The first kappa shape index (κ1) is 13.8. The van der Waals surface area contributed by atoms with Crippen molar-refractivity contribution < 1.29 is 9.90 Å². The monoisotopic (exact) mass is 254 g/mol. The minimum Gasteiger partial charge on any atom is -0.480 e. The Morgan fingerprint density at radius 1 is 1.17 bits per heavy atom. The van der Waals surface area contributed by atoms with E-state index in [0.717, 1.165) is 45.3 Å². The smallest absolute Gasteiger partial charge is 0.320 e. The molecule has 0 amide bonds. The second-order valence-corrected chi connectivity index (χ2v) is 6.65. The quantitative estimate of drug-likeness (QED) is 0.816. The third-order valence-corrected chi connectivity index (χ3v) is 4.41. The van der Waals surface area contributed by atoms with Crippen molar-refractivity contribution in [1.82, 2.24) is 9.80 Å². The summed E-state index contributed by atoms with van der Waals surface area (Å²) in [6.45, 7) is 9.78. The van der Waals surface area contributed by atoms with Gasteiger partial charge in [-0.25, -0.2) is 0 Å². The number of likely N-dealkylation sites (tertiary alicyclic amines) is 2. The first-order valence-corrected chi connectivity index (χ1v) is 7.13. The van der Waals surface area contributed by atoms with Crippen molar-refractivity contribution in [2.45, 2.75) is 64.1 Å². The van der Waals surface area contributed by atoms with E-state index in [-0.39, 0.29) is 11.6 Å². The summed E-state index contributed by atoms with van der Waals surface area (Å²) in [6.07, 6.45) is 4.14. The predicted molar refractivity (Wildman–Crippen MR) is 71.7 cm³/mol. The lowest BCUT2D eigenvalue weighted by Gasteiger charge is -2.38. The average molecular weight is 254 g/mol. The number of carboxylic acid groups (broad SMARTS) is 1. The minimum absolute atomic E-state index is 0.198. The van der Waals surface area contributed by atoms with E-state index in [1.165, 1.54) is 0 Å². The summed E-state index contributed by atoms with van der Waals surface area (Å²) >= 11 is 0. The largest absolute Gasteiger partial charge is 0.480 e. The fourth-order valence-corrected chi connectivity index (χ4v) is 3.28. The summed E-state index contributed by atoms with van der Waals surface area (Å²) in [5.41, 5.74) is 0.198. The zero-order chi connectivity index (χ0) is 13.3. The van der Waals surface area contributed by atoms with Gasteiger partial charge in [0.1, 0.15) is 6.04 Å².